The molecule has 1 nitrogen and oxygen atoms in total. The highest BCUT2D eigenvalue weighted by molar-refractivity contribution is 7.78. The summed E-state index contributed by atoms with van der Waals surface area (Å²) in [7, 11) is 0. The summed E-state index contributed by atoms with van der Waals surface area (Å²) < 4.78 is 0. The Morgan fingerprint density at radius 1 is 0.781 bits per heavy atom. The Morgan fingerprint density at radius 3 is 1.75 bits per heavy atom. The number of hydrogen-bond acceptors (Lipinski definition) is 2. The molecule has 0 amide bonds. The summed E-state index contributed by atoms with van der Waals surface area (Å²) in [6, 6.07) is 8.72. The molecule has 0 aliphatic heterocycles. The van der Waals surface area contributed by atoms with E-state index in [2.05, 4.69) is 41.3 Å². The van der Waals surface area contributed by atoms with Crippen LogP contribution in [0.1, 0.15) is 122 Å². The summed E-state index contributed by atoms with van der Waals surface area (Å²) in [5, 5.41) is 2.49. The summed E-state index contributed by atoms with van der Waals surface area (Å²) in [5.74, 6) is 3.82. The molecule has 0 aromatic heterocycles. The number of thiocarbonyl (C=S) groups is 1. The van der Waals surface area contributed by atoms with E-state index in [1.807, 2.05) is 0 Å². The van der Waals surface area contributed by atoms with Gasteiger partial charge in [-0.05, 0) is 66.4 Å². The van der Waals surface area contributed by atoms with Gasteiger partial charge in [-0.1, -0.05) is 122 Å². The van der Waals surface area contributed by atoms with Crippen LogP contribution in [0.5, 0.6) is 0 Å². The average Bonchev–Trinajstić information content (AvgIpc) is 2.75. The predicted molar refractivity (Wildman–Crippen MR) is 143 cm³/mol. The van der Waals surface area contributed by atoms with E-state index in [1.165, 1.54) is 121 Å². The van der Waals surface area contributed by atoms with Crippen molar-refractivity contribution in [1.82, 2.24) is 0 Å². The number of hydrogen-bond donors (Lipinski definition) is 0. The maximum Gasteiger partial charge on any atom is 0.0739 e. The molecule has 2 aliphatic rings. The summed E-state index contributed by atoms with van der Waals surface area (Å²) >= 11 is 4.75. The van der Waals surface area contributed by atoms with Gasteiger partial charge in [-0.3, -0.25) is 0 Å². The number of aliphatic imine (C=N–C) groups is 1. The maximum atomic E-state index is 4.75. The standard InChI is InChI=1S/C30H47NS/c1-2-13-26(21-18-25-19-22-29(23-20-25)31-24-32)30(27-14-9-5-3-6-10-15-27)28-16-11-7-4-8-12-17-28/h19-20,22-23,26-28,30H,2-18,21H2,1H3. The number of aryl methyl sites for hydroxylation is 1. The van der Waals surface area contributed by atoms with Crippen LogP contribution in [0.3, 0.4) is 0 Å². The molecular weight excluding hydrogens is 406 g/mol. The van der Waals surface area contributed by atoms with Gasteiger partial charge in [0.05, 0.1) is 10.8 Å². The minimum Gasteiger partial charge on any atom is -0.195 e. The van der Waals surface area contributed by atoms with Gasteiger partial charge < -0.3 is 0 Å². The fraction of sp³-hybridized carbons (Fsp3) is 0.767. The van der Waals surface area contributed by atoms with Gasteiger partial charge in [-0.15, -0.1) is 0 Å². The number of isothiocyanates is 1. The predicted octanol–water partition coefficient (Wildman–Crippen LogP) is 10.1. The van der Waals surface area contributed by atoms with Crippen molar-refractivity contribution in [2.75, 3.05) is 0 Å². The van der Waals surface area contributed by atoms with Gasteiger partial charge >= 0.3 is 0 Å². The lowest BCUT2D eigenvalue weighted by Crippen LogP contribution is -2.32. The van der Waals surface area contributed by atoms with E-state index in [-0.39, 0.29) is 0 Å². The molecule has 1 aromatic rings. The Kier molecular flexibility index (Phi) is 12.0. The van der Waals surface area contributed by atoms with Gasteiger partial charge in [-0.2, -0.15) is 4.99 Å². The Hall–Kier alpha value is -0.980. The van der Waals surface area contributed by atoms with Crippen molar-refractivity contribution in [3.8, 4) is 0 Å². The average molecular weight is 454 g/mol. The smallest absolute Gasteiger partial charge is 0.0739 e. The zero-order valence-corrected chi connectivity index (χ0v) is 21.5. The second kappa shape index (κ2) is 15.0. The van der Waals surface area contributed by atoms with Crippen LogP contribution in [-0.2, 0) is 6.42 Å². The first-order valence-electron chi connectivity index (χ1n) is 14.0. The van der Waals surface area contributed by atoms with Crippen LogP contribution in [0.4, 0.5) is 5.69 Å². The van der Waals surface area contributed by atoms with Gasteiger partial charge in [0.1, 0.15) is 0 Å². The zero-order valence-electron chi connectivity index (χ0n) is 20.7. The largest absolute Gasteiger partial charge is 0.195 e. The van der Waals surface area contributed by atoms with Crippen molar-refractivity contribution in [3.05, 3.63) is 29.8 Å². The zero-order chi connectivity index (χ0) is 22.4. The van der Waals surface area contributed by atoms with Crippen molar-refractivity contribution >= 4 is 23.1 Å². The molecule has 178 valence electrons. The Balaban J connectivity index is 1.75. The molecule has 0 heterocycles. The van der Waals surface area contributed by atoms with E-state index in [0.29, 0.717) is 0 Å². The molecule has 3 rings (SSSR count). The van der Waals surface area contributed by atoms with Crippen molar-refractivity contribution in [3.63, 3.8) is 0 Å². The lowest BCUT2D eigenvalue weighted by molar-refractivity contribution is 0.0893. The highest BCUT2D eigenvalue weighted by Gasteiger charge is 2.35. The monoisotopic (exact) mass is 453 g/mol. The van der Waals surface area contributed by atoms with Crippen LogP contribution in [-0.4, -0.2) is 5.16 Å². The molecule has 0 N–H and O–H groups in total. The van der Waals surface area contributed by atoms with Crippen LogP contribution >= 0.6 is 12.2 Å². The third-order valence-corrected chi connectivity index (χ3v) is 8.60. The molecule has 2 saturated carbocycles. The normalized spacial score (nSPS) is 20.6. The SMILES string of the molecule is CCCC(CCc1ccc(N=C=S)cc1)C(C1CCCCCCC1)C1CCCCCCC1. The highest BCUT2D eigenvalue weighted by atomic mass is 32.1. The molecule has 1 atom stereocenters. The molecule has 1 aromatic carbocycles. The van der Waals surface area contributed by atoms with Crippen LogP contribution < -0.4 is 0 Å². The molecule has 2 heteroatoms. The Morgan fingerprint density at radius 2 is 1.28 bits per heavy atom. The fourth-order valence-electron chi connectivity index (χ4n) is 6.94. The topological polar surface area (TPSA) is 12.4 Å². The molecule has 0 saturated heterocycles. The highest BCUT2D eigenvalue weighted by Crippen LogP contribution is 2.44. The summed E-state index contributed by atoms with van der Waals surface area (Å²) in [5.41, 5.74) is 2.39. The molecule has 2 aliphatic carbocycles. The van der Waals surface area contributed by atoms with Crippen molar-refractivity contribution in [2.45, 2.75) is 122 Å². The first-order valence-corrected chi connectivity index (χ1v) is 14.4. The summed E-state index contributed by atoms with van der Waals surface area (Å²) in [6.45, 7) is 2.42. The third-order valence-electron chi connectivity index (χ3n) is 8.51. The quantitative estimate of drug-likeness (QED) is 0.267. The molecule has 0 radical (unpaired) electrons. The molecule has 0 bridgehead atoms. The van der Waals surface area contributed by atoms with E-state index >= 15 is 0 Å². The Bertz CT molecular complexity index is 637. The summed E-state index contributed by atoms with van der Waals surface area (Å²) in [6.07, 6.45) is 26.1. The number of rotatable bonds is 9. The lowest BCUT2D eigenvalue weighted by Gasteiger charge is -2.41. The first-order chi connectivity index (χ1) is 15.8. The number of benzene rings is 1. The van der Waals surface area contributed by atoms with E-state index in [4.69, 9.17) is 12.2 Å². The van der Waals surface area contributed by atoms with E-state index < -0.39 is 0 Å². The van der Waals surface area contributed by atoms with Crippen molar-refractivity contribution < 1.29 is 0 Å². The van der Waals surface area contributed by atoms with Gasteiger partial charge in [0, 0.05) is 0 Å². The first kappa shape index (κ1) is 25.6. The summed E-state index contributed by atoms with van der Waals surface area (Å²) in [4.78, 5) is 4.12. The Labute approximate surface area is 203 Å². The third kappa shape index (κ3) is 8.42. The van der Waals surface area contributed by atoms with Gasteiger partial charge in [0.25, 0.3) is 0 Å². The van der Waals surface area contributed by atoms with E-state index in [1.54, 1.807) is 0 Å². The molecule has 1 unspecified atom stereocenters. The van der Waals surface area contributed by atoms with E-state index in [9.17, 15) is 0 Å². The van der Waals surface area contributed by atoms with Crippen molar-refractivity contribution in [2.24, 2.45) is 28.7 Å². The second-order valence-electron chi connectivity index (χ2n) is 10.7. The van der Waals surface area contributed by atoms with Crippen LogP contribution in [0.2, 0.25) is 0 Å². The molecule has 0 spiro atoms. The lowest BCUT2D eigenvalue weighted by atomic mass is 9.64. The van der Waals surface area contributed by atoms with Crippen LogP contribution in [0.25, 0.3) is 0 Å². The molecular formula is C30H47NS. The van der Waals surface area contributed by atoms with Crippen LogP contribution in [0.15, 0.2) is 29.3 Å². The minimum absolute atomic E-state index is 0.896. The van der Waals surface area contributed by atoms with Gasteiger partial charge in [0.2, 0.25) is 0 Å². The second-order valence-corrected chi connectivity index (χ2v) is 10.9. The van der Waals surface area contributed by atoms with E-state index in [0.717, 1.165) is 29.4 Å². The molecule has 2 fully saturated rings. The van der Waals surface area contributed by atoms with Crippen LogP contribution in [0, 0.1) is 23.7 Å². The molecule has 32 heavy (non-hydrogen) atoms. The van der Waals surface area contributed by atoms with Gasteiger partial charge in [-0.25, -0.2) is 0 Å². The van der Waals surface area contributed by atoms with Crippen molar-refractivity contribution in [1.29, 1.82) is 0 Å². The van der Waals surface area contributed by atoms with Gasteiger partial charge in [0.15, 0.2) is 0 Å². The number of nitrogens with zero attached hydrogens (tertiary/aromatic N) is 1. The minimum atomic E-state index is 0.896. The maximum absolute atomic E-state index is 4.75. The fourth-order valence-corrected chi connectivity index (χ4v) is 7.05.